The van der Waals surface area contributed by atoms with Crippen LogP contribution in [0.1, 0.15) is 12.5 Å². The van der Waals surface area contributed by atoms with E-state index in [2.05, 4.69) is 28.2 Å². The zero-order valence-electron chi connectivity index (χ0n) is 16.8. The molecule has 7 heteroatoms. The van der Waals surface area contributed by atoms with Crippen LogP contribution in [0.3, 0.4) is 0 Å². The van der Waals surface area contributed by atoms with E-state index in [0.717, 1.165) is 27.5 Å². The van der Waals surface area contributed by atoms with Gasteiger partial charge in [0.05, 0.1) is 10.9 Å². The van der Waals surface area contributed by atoms with Crippen molar-refractivity contribution < 1.29 is 4.79 Å². The molecular weight excluding hydrogens is 400 g/mol. The number of hydrogen-bond donors (Lipinski definition) is 1. The summed E-state index contributed by atoms with van der Waals surface area (Å²) in [6.45, 7) is 8.35. The van der Waals surface area contributed by atoms with Crippen molar-refractivity contribution in [3.63, 3.8) is 0 Å². The fourth-order valence-electron chi connectivity index (χ4n) is 2.86. The molecule has 0 aliphatic heterocycles. The molecule has 1 atom stereocenters. The Hall–Kier alpha value is -2.51. The van der Waals surface area contributed by atoms with Crippen LogP contribution in [0.2, 0.25) is 0 Å². The summed E-state index contributed by atoms with van der Waals surface area (Å²) in [5.74, 6) is 0.707. The van der Waals surface area contributed by atoms with E-state index in [1.807, 2.05) is 73.2 Å². The first kappa shape index (κ1) is 21.2. The van der Waals surface area contributed by atoms with Gasteiger partial charge < -0.3 is 5.32 Å². The summed E-state index contributed by atoms with van der Waals surface area (Å²) in [6, 6.07) is 15.9. The van der Waals surface area contributed by atoms with Crippen molar-refractivity contribution in [1.82, 2.24) is 14.8 Å². The van der Waals surface area contributed by atoms with E-state index in [0.29, 0.717) is 11.7 Å². The molecule has 29 heavy (non-hydrogen) atoms. The van der Waals surface area contributed by atoms with Crippen molar-refractivity contribution in [2.24, 2.45) is 0 Å². The maximum atomic E-state index is 12.8. The Kier molecular flexibility index (Phi) is 7.17. The SMILES string of the molecule is C=CCn1c(SC(C)C(=O)Nc2ccccc2SC)nnc1-c1cccc(C)c1. The first-order valence-electron chi connectivity index (χ1n) is 9.25. The third-order valence-corrected chi connectivity index (χ3v) is 6.20. The number of anilines is 1. The van der Waals surface area contributed by atoms with Crippen molar-refractivity contribution in [1.29, 1.82) is 0 Å². The molecular formula is C22H24N4OS2. The number of carbonyl (C=O) groups excluding carboxylic acids is 1. The van der Waals surface area contributed by atoms with Gasteiger partial charge in [-0.05, 0) is 38.3 Å². The van der Waals surface area contributed by atoms with Gasteiger partial charge in [-0.15, -0.1) is 28.5 Å². The van der Waals surface area contributed by atoms with E-state index >= 15 is 0 Å². The minimum Gasteiger partial charge on any atom is -0.324 e. The average molecular weight is 425 g/mol. The number of rotatable bonds is 8. The number of carbonyl (C=O) groups is 1. The predicted octanol–water partition coefficient (Wildman–Crippen LogP) is 5.28. The lowest BCUT2D eigenvalue weighted by Gasteiger charge is -2.14. The molecule has 0 aliphatic carbocycles. The third-order valence-electron chi connectivity index (χ3n) is 4.32. The van der Waals surface area contributed by atoms with E-state index in [1.54, 1.807) is 11.8 Å². The van der Waals surface area contributed by atoms with Gasteiger partial charge in [0.1, 0.15) is 0 Å². The first-order valence-corrected chi connectivity index (χ1v) is 11.4. The Morgan fingerprint density at radius 3 is 2.76 bits per heavy atom. The molecule has 5 nitrogen and oxygen atoms in total. The zero-order chi connectivity index (χ0) is 20.8. The van der Waals surface area contributed by atoms with Gasteiger partial charge in [-0.3, -0.25) is 9.36 Å². The third kappa shape index (κ3) is 5.10. The van der Waals surface area contributed by atoms with Crippen LogP contribution in [0, 0.1) is 6.92 Å². The maximum Gasteiger partial charge on any atom is 0.237 e. The Morgan fingerprint density at radius 2 is 2.03 bits per heavy atom. The van der Waals surface area contributed by atoms with Gasteiger partial charge in [-0.25, -0.2) is 0 Å². The molecule has 1 aromatic heterocycles. The highest BCUT2D eigenvalue weighted by Gasteiger charge is 2.21. The van der Waals surface area contributed by atoms with Gasteiger partial charge in [0.15, 0.2) is 11.0 Å². The van der Waals surface area contributed by atoms with Crippen molar-refractivity contribution in [2.75, 3.05) is 11.6 Å². The van der Waals surface area contributed by atoms with Crippen LogP contribution < -0.4 is 5.32 Å². The number of nitrogens with one attached hydrogen (secondary N) is 1. The summed E-state index contributed by atoms with van der Waals surface area (Å²) in [5, 5.41) is 12.1. The van der Waals surface area contributed by atoms with Crippen LogP contribution in [0.4, 0.5) is 5.69 Å². The lowest BCUT2D eigenvalue weighted by Crippen LogP contribution is -2.23. The molecule has 0 saturated heterocycles. The molecule has 150 valence electrons. The van der Waals surface area contributed by atoms with Gasteiger partial charge >= 0.3 is 0 Å². The number of aromatic nitrogens is 3. The van der Waals surface area contributed by atoms with Gasteiger partial charge in [0.25, 0.3) is 0 Å². The van der Waals surface area contributed by atoms with Crippen molar-refractivity contribution in [3.8, 4) is 11.4 Å². The molecule has 2 aromatic carbocycles. The first-order chi connectivity index (χ1) is 14.0. The summed E-state index contributed by atoms with van der Waals surface area (Å²) in [7, 11) is 0. The van der Waals surface area contributed by atoms with Gasteiger partial charge in [0, 0.05) is 17.0 Å². The second kappa shape index (κ2) is 9.80. The van der Waals surface area contributed by atoms with E-state index in [1.165, 1.54) is 11.8 Å². The summed E-state index contributed by atoms with van der Waals surface area (Å²) < 4.78 is 1.99. The molecule has 0 spiro atoms. The number of benzene rings is 2. The van der Waals surface area contributed by atoms with E-state index < -0.39 is 0 Å². The normalized spacial score (nSPS) is 11.8. The molecule has 1 heterocycles. The molecule has 1 N–H and O–H groups in total. The lowest BCUT2D eigenvalue weighted by molar-refractivity contribution is -0.115. The smallest absolute Gasteiger partial charge is 0.237 e. The Labute approximate surface area is 180 Å². The van der Waals surface area contributed by atoms with Crippen LogP contribution in [0.15, 0.2) is 71.2 Å². The number of amides is 1. The highest BCUT2D eigenvalue weighted by Crippen LogP contribution is 2.29. The van der Waals surface area contributed by atoms with Crippen molar-refractivity contribution in [2.45, 2.75) is 35.7 Å². The van der Waals surface area contributed by atoms with Gasteiger partial charge in [0.2, 0.25) is 5.91 Å². The molecule has 3 rings (SSSR count). The molecule has 0 aliphatic rings. The highest BCUT2D eigenvalue weighted by molar-refractivity contribution is 8.00. The second-order valence-corrected chi connectivity index (χ2v) is 8.68. The zero-order valence-corrected chi connectivity index (χ0v) is 18.4. The Balaban J connectivity index is 1.80. The van der Waals surface area contributed by atoms with Crippen LogP contribution in [-0.4, -0.2) is 32.2 Å². The largest absolute Gasteiger partial charge is 0.324 e. The summed E-state index contributed by atoms with van der Waals surface area (Å²) in [4.78, 5) is 13.8. The van der Waals surface area contributed by atoms with Gasteiger partial charge in [-0.1, -0.05) is 53.7 Å². The second-order valence-electron chi connectivity index (χ2n) is 6.52. The van der Waals surface area contributed by atoms with E-state index in [-0.39, 0.29) is 11.2 Å². The quantitative estimate of drug-likeness (QED) is 0.394. The molecule has 0 fully saturated rings. The molecule has 0 radical (unpaired) electrons. The van der Waals surface area contributed by atoms with Crippen LogP contribution >= 0.6 is 23.5 Å². The summed E-state index contributed by atoms with van der Waals surface area (Å²) >= 11 is 3.00. The maximum absolute atomic E-state index is 12.8. The number of hydrogen-bond acceptors (Lipinski definition) is 5. The van der Waals surface area contributed by atoms with Crippen molar-refractivity contribution >= 4 is 35.1 Å². The van der Waals surface area contributed by atoms with Crippen LogP contribution in [0.5, 0.6) is 0 Å². The Bertz CT molecular complexity index is 1020. The van der Waals surface area contributed by atoms with Gasteiger partial charge in [-0.2, -0.15) is 0 Å². The monoisotopic (exact) mass is 424 g/mol. The van der Waals surface area contributed by atoms with E-state index in [4.69, 9.17) is 0 Å². The molecule has 0 saturated carbocycles. The molecule has 3 aromatic rings. The minimum absolute atomic E-state index is 0.0678. The number of thioether (sulfide) groups is 2. The average Bonchev–Trinajstić information content (AvgIpc) is 3.11. The standard InChI is InChI=1S/C22H24N4OS2/c1-5-13-26-20(17-10-8-9-15(2)14-17)24-25-22(26)29-16(3)21(27)23-18-11-6-7-12-19(18)28-4/h5-12,14,16H,1,13H2,2-4H3,(H,23,27). The Morgan fingerprint density at radius 1 is 1.24 bits per heavy atom. The highest BCUT2D eigenvalue weighted by atomic mass is 32.2. The topological polar surface area (TPSA) is 59.8 Å². The van der Waals surface area contributed by atoms with Crippen LogP contribution in [-0.2, 0) is 11.3 Å². The fraction of sp³-hybridized carbons (Fsp3) is 0.227. The molecule has 0 bridgehead atoms. The lowest BCUT2D eigenvalue weighted by atomic mass is 10.1. The summed E-state index contributed by atoms with van der Waals surface area (Å²) in [5.41, 5.74) is 2.98. The van der Waals surface area contributed by atoms with E-state index in [9.17, 15) is 4.79 Å². The van der Waals surface area contributed by atoms with Crippen LogP contribution in [0.25, 0.3) is 11.4 Å². The molecule has 1 unspecified atom stereocenters. The number of aryl methyl sites for hydroxylation is 1. The van der Waals surface area contributed by atoms with Crippen molar-refractivity contribution in [3.05, 3.63) is 66.7 Å². The predicted molar refractivity (Wildman–Crippen MR) is 123 cm³/mol. The number of allylic oxidation sites excluding steroid dienone is 1. The fourth-order valence-corrected chi connectivity index (χ4v) is 4.27. The minimum atomic E-state index is -0.331. The molecule has 1 amide bonds. The number of para-hydroxylation sites is 1. The summed E-state index contributed by atoms with van der Waals surface area (Å²) in [6.07, 6.45) is 3.81. The number of nitrogens with zero attached hydrogens (tertiary/aromatic N) is 3.